The molecule has 2 N–H and O–H groups in total. The first-order valence-electron chi connectivity index (χ1n) is 8.27. The van der Waals surface area contributed by atoms with E-state index in [4.69, 9.17) is 0 Å². The van der Waals surface area contributed by atoms with E-state index in [9.17, 15) is 9.59 Å². The fraction of sp³-hybridized carbons (Fsp3) is 0.211. The number of nitrogens with zero attached hydrogens (tertiary/aromatic N) is 2. The number of aromatic amines is 1. The van der Waals surface area contributed by atoms with Gasteiger partial charge in [-0.2, -0.15) is 5.10 Å². The lowest BCUT2D eigenvalue weighted by atomic mass is 10.1. The number of fused-ring (bicyclic) bond motifs is 1. The Morgan fingerprint density at radius 2 is 1.92 bits per heavy atom. The van der Waals surface area contributed by atoms with E-state index in [1.807, 2.05) is 54.6 Å². The smallest absolute Gasteiger partial charge is 0.229 e. The molecule has 25 heavy (non-hydrogen) atoms. The summed E-state index contributed by atoms with van der Waals surface area (Å²) in [4.78, 5) is 26.4. The fourth-order valence-corrected chi connectivity index (χ4v) is 3.17. The van der Waals surface area contributed by atoms with Crippen LogP contribution in [0.1, 0.15) is 12.0 Å². The minimum Gasteiger partial charge on any atom is -0.352 e. The van der Waals surface area contributed by atoms with Crippen LogP contribution in [0, 0.1) is 5.92 Å². The molecule has 1 atom stereocenters. The number of nitrogens with one attached hydrogen (secondary N) is 2. The highest BCUT2D eigenvalue weighted by Gasteiger charge is 2.36. The van der Waals surface area contributed by atoms with Crippen LogP contribution in [-0.2, 0) is 16.1 Å². The number of carbonyl (C=O) groups is 2. The maximum absolute atomic E-state index is 12.4. The van der Waals surface area contributed by atoms with Crippen molar-refractivity contribution in [3.8, 4) is 0 Å². The standard InChI is InChI=1S/C19H18N4O2/c24-17-10-14(19(25)20-11-13-6-2-1-3-7-13)12-23(17)18-15-8-4-5-9-16(15)21-22-18/h1-9,14H,10-12H2,(H,20,25)(H,21,22)/t14-/m0/s1. The van der Waals surface area contributed by atoms with Crippen LogP contribution >= 0.6 is 0 Å². The third-order valence-corrected chi connectivity index (χ3v) is 4.51. The van der Waals surface area contributed by atoms with Crippen molar-refractivity contribution in [1.29, 1.82) is 0 Å². The Hall–Kier alpha value is -3.15. The average Bonchev–Trinajstić information content (AvgIpc) is 3.24. The van der Waals surface area contributed by atoms with Gasteiger partial charge in [0.25, 0.3) is 0 Å². The maximum Gasteiger partial charge on any atom is 0.229 e. The van der Waals surface area contributed by atoms with Crippen LogP contribution in [0.3, 0.4) is 0 Å². The first-order valence-corrected chi connectivity index (χ1v) is 8.27. The quantitative estimate of drug-likeness (QED) is 0.768. The second-order valence-electron chi connectivity index (χ2n) is 6.20. The summed E-state index contributed by atoms with van der Waals surface area (Å²) in [6.07, 6.45) is 0.210. The second kappa shape index (κ2) is 6.39. The van der Waals surface area contributed by atoms with Crippen LogP contribution in [0.15, 0.2) is 54.6 Å². The van der Waals surface area contributed by atoms with Crippen molar-refractivity contribution < 1.29 is 9.59 Å². The molecule has 0 unspecified atom stereocenters. The van der Waals surface area contributed by atoms with Gasteiger partial charge in [-0.05, 0) is 17.7 Å². The van der Waals surface area contributed by atoms with Crippen molar-refractivity contribution in [1.82, 2.24) is 15.5 Å². The molecule has 2 aromatic carbocycles. The Morgan fingerprint density at radius 3 is 2.76 bits per heavy atom. The molecular formula is C19H18N4O2. The van der Waals surface area contributed by atoms with Gasteiger partial charge in [-0.3, -0.25) is 19.6 Å². The first-order chi connectivity index (χ1) is 12.2. The van der Waals surface area contributed by atoms with E-state index >= 15 is 0 Å². The molecule has 0 spiro atoms. The number of carbonyl (C=O) groups excluding carboxylic acids is 2. The number of H-pyrrole nitrogens is 1. The molecule has 2 heterocycles. The third kappa shape index (κ3) is 2.98. The highest BCUT2D eigenvalue weighted by Crippen LogP contribution is 2.29. The summed E-state index contributed by atoms with van der Waals surface area (Å²) in [6.45, 7) is 0.823. The Balaban J connectivity index is 1.46. The predicted molar refractivity (Wildman–Crippen MR) is 94.8 cm³/mol. The minimum atomic E-state index is -0.355. The minimum absolute atomic E-state index is 0.0721. The Bertz CT molecular complexity index is 919. The summed E-state index contributed by atoms with van der Waals surface area (Å²) in [5.41, 5.74) is 1.91. The van der Waals surface area contributed by atoms with Gasteiger partial charge in [0.1, 0.15) is 0 Å². The Morgan fingerprint density at radius 1 is 1.16 bits per heavy atom. The number of hydrogen-bond donors (Lipinski definition) is 2. The van der Waals surface area contributed by atoms with Crippen molar-refractivity contribution in [2.45, 2.75) is 13.0 Å². The van der Waals surface area contributed by atoms with Crippen molar-refractivity contribution in [2.75, 3.05) is 11.4 Å². The summed E-state index contributed by atoms with van der Waals surface area (Å²) in [5, 5.41) is 11.0. The van der Waals surface area contributed by atoms with Crippen LogP contribution in [0.2, 0.25) is 0 Å². The molecule has 1 aliphatic heterocycles. The molecule has 0 aliphatic carbocycles. The fourth-order valence-electron chi connectivity index (χ4n) is 3.17. The summed E-state index contributed by atoms with van der Waals surface area (Å²) < 4.78 is 0. The van der Waals surface area contributed by atoms with Crippen LogP contribution < -0.4 is 10.2 Å². The van der Waals surface area contributed by atoms with Crippen molar-refractivity contribution in [2.24, 2.45) is 5.92 Å². The molecule has 1 fully saturated rings. The topological polar surface area (TPSA) is 78.1 Å². The monoisotopic (exact) mass is 334 g/mol. The molecule has 0 bridgehead atoms. The molecule has 0 saturated carbocycles. The van der Waals surface area contributed by atoms with E-state index in [-0.39, 0.29) is 24.2 Å². The van der Waals surface area contributed by atoms with Crippen molar-refractivity contribution in [3.63, 3.8) is 0 Å². The number of rotatable bonds is 4. The second-order valence-corrected chi connectivity index (χ2v) is 6.20. The normalized spacial score (nSPS) is 17.2. The van der Waals surface area contributed by atoms with Gasteiger partial charge in [0.15, 0.2) is 5.82 Å². The highest BCUT2D eigenvalue weighted by molar-refractivity contribution is 6.05. The number of anilines is 1. The molecule has 1 aliphatic rings. The zero-order valence-corrected chi connectivity index (χ0v) is 13.6. The van der Waals surface area contributed by atoms with Crippen molar-refractivity contribution >= 4 is 28.5 Å². The number of hydrogen-bond acceptors (Lipinski definition) is 3. The SMILES string of the molecule is O=C(NCc1ccccc1)[C@H]1CC(=O)N(c2n[nH]c3ccccc23)C1. The van der Waals surface area contributed by atoms with Gasteiger partial charge in [0.05, 0.1) is 11.4 Å². The zero-order chi connectivity index (χ0) is 17.2. The molecular weight excluding hydrogens is 316 g/mol. The largest absolute Gasteiger partial charge is 0.352 e. The van der Waals surface area contributed by atoms with Gasteiger partial charge >= 0.3 is 0 Å². The lowest BCUT2D eigenvalue weighted by molar-refractivity contribution is -0.126. The molecule has 4 rings (SSSR count). The number of aromatic nitrogens is 2. The van der Waals surface area contributed by atoms with E-state index in [0.29, 0.717) is 18.9 Å². The summed E-state index contributed by atoms with van der Waals surface area (Å²) in [7, 11) is 0. The Kier molecular flexibility index (Phi) is 3.93. The van der Waals surface area contributed by atoms with Crippen LogP contribution in [0.5, 0.6) is 0 Å². The van der Waals surface area contributed by atoms with E-state index in [1.54, 1.807) is 4.90 Å². The molecule has 126 valence electrons. The van der Waals surface area contributed by atoms with E-state index in [0.717, 1.165) is 16.5 Å². The first kappa shape index (κ1) is 15.4. The van der Waals surface area contributed by atoms with Crippen molar-refractivity contribution in [3.05, 3.63) is 60.2 Å². The molecule has 6 nitrogen and oxygen atoms in total. The number of benzene rings is 2. The number of para-hydroxylation sites is 1. The average molecular weight is 334 g/mol. The van der Waals surface area contributed by atoms with Gasteiger partial charge in [-0.25, -0.2) is 0 Å². The summed E-state index contributed by atoms with van der Waals surface area (Å²) in [6, 6.07) is 17.4. The molecule has 1 aromatic heterocycles. The van der Waals surface area contributed by atoms with E-state index < -0.39 is 0 Å². The maximum atomic E-state index is 12.4. The molecule has 3 aromatic rings. The molecule has 1 saturated heterocycles. The number of amides is 2. The zero-order valence-electron chi connectivity index (χ0n) is 13.6. The van der Waals surface area contributed by atoms with Gasteiger partial charge in [0.2, 0.25) is 11.8 Å². The van der Waals surface area contributed by atoms with Gasteiger partial charge in [-0.1, -0.05) is 42.5 Å². The molecule has 2 amide bonds. The van der Waals surface area contributed by atoms with Crippen LogP contribution in [0.25, 0.3) is 10.9 Å². The molecule has 6 heteroatoms. The Labute approximate surface area is 144 Å². The lowest BCUT2D eigenvalue weighted by Crippen LogP contribution is -2.32. The van der Waals surface area contributed by atoms with Gasteiger partial charge in [-0.15, -0.1) is 0 Å². The van der Waals surface area contributed by atoms with Gasteiger partial charge < -0.3 is 5.32 Å². The third-order valence-electron chi connectivity index (χ3n) is 4.51. The van der Waals surface area contributed by atoms with E-state index in [1.165, 1.54) is 0 Å². The lowest BCUT2D eigenvalue weighted by Gasteiger charge is -2.14. The van der Waals surface area contributed by atoms with E-state index in [2.05, 4.69) is 15.5 Å². The van der Waals surface area contributed by atoms with Crippen LogP contribution in [0.4, 0.5) is 5.82 Å². The van der Waals surface area contributed by atoms with Crippen LogP contribution in [-0.4, -0.2) is 28.6 Å². The summed E-state index contributed by atoms with van der Waals surface area (Å²) in [5.74, 6) is 0.0716. The van der Waals surface area contributed by atoms with Gasteiger partial charge in [0, 0.05) is 24.9 Å². The molecule has 0 radical (unpaired) electrons. The predicted octanol–water partition coefficient (Wildman–Crippen LogP) is 2.23. The summed E-state index contributed by atoms with van der Waals surface area (Å²) >= 11 is 0. The highest BCUT2D eigenvalue weighted by atomic mass is 16.2.